The molecule has 0 bridgehead atoms. The quantitative estimate of drug-likeness (QED) is 0.128. The van der Waals surface area contributed by atoms with E-state index in [9.17, 15) is 0 Å². The highest BCUT2D eigenvalue weighted by atomic mass is 19.2. The second-order valence-electron chi connectivity index (χ2n) is 14.9. The van der Waals surface area contributed by atoms with E-state index in [2.05, 4.69) is 118 Å². The van der Waals surface area contributed by atoms with E-state index in [1.165, 1.54) is 21.2 Å². The summed E-state index contributed by atoms with van der Waals surface area (Å²) in [5.74, 6) is 0. The molecule has 0 atom stereocenters. The molecule has 0 radical (unpaired) electrons. The zero-order chi connectivity index (χ0) is 35.2. The zero-order valence-corrected chi connectivity index (χ0v) is 29.5. The molecule has 0 amide bonds. The Morgan fingerprint density at radius 1 is 0.608 bits per heavy atom. The number of aromatic nitrogens is 1. The van der Waals surface area contributed by atoms with Gasteiger partial charge in [-0.2, -0.15) is 4.58 Å². The van der Waals surface area contributed by atoms with E-state index in [1.807, 2.05) is 60.7 Å². The predicted octanol–water partition coefficient (Wildman–Crippen LogP) is 10.9. The lowest BCUT2D eigenvalue weighted by Gasteiger charge is -2.28. The molecule has 0 fully saturated rings. The van der Waals surface area contributed by atoms with Crippen molar-refractivity contribution in [2.75, 3.05) is 7.05 Å². The molecule has 0 unspecified atom stereocenters. The van der Waals surface area contributed by atoms with Crippen LogP contribution in [0.3, 0.4) is 0 Å². The smallest absolute Gasteiger partial charge is 0.324 e. The number of halogens is 2. The van der Waals surface area contributed by atoms with Crippen LogP contribution in [0.2, 0.25) is 0 Å². The van der Waals surface area contributed by atoms with Gasteiger partial charge in [-0.05, 0) is 51.1 Å². The van der Waals surface area contributed by atoms with E-state index in [4.69, 9.17) is 0 Å². The van der Waals surface area contributed by atoms with E-state index < -0.39 is 18.2 Å². The van der Waals surface area contributed by atoms with E-state index in [1.54, 1.807) is 0 Å². The van der Waals surface area contributed by atoms with Crippen molar-refractivity contribution >= 4 is 24.3 Å². The normalized spacial score (nSPS) is 17.3. The summed E-state index contributed by atoms with van der Waals surface area (Å²) < 4.78 is 36.2. The molecule has 2 heterocycles. The molecule has 2 nitrogen and oxygen atoms in total. The Balaban J connectivity index is 1.52. The molecular weight excluding hydrogens is 629 g/mol. The van der Waals surface area contributed by atoms with Crippen molar-refractivity contribution < 1.29 is 13.2 Å². The third-order valence-electron chi connectivity index (χ3n) is 11.4. The van der Waals surface area contributed by atoms with Crippen LogP contribution in [-0.2, 0) is 10.8 Å². The zero-order valence-electron chi connectivity index (χ0n) is 29.5. The largest absolute Gasteiger partial charge is 0.678 e. The summed E-state index contributed by atoms with van der Waals surface area (Å²) in [7, 11) is -0.680. The minimum Gasteiger partial charge on any atom is -0.324 e. The van der Waals surface area contributed by atoms with Crippen LogP contribution in [-0.4, -0.2) is 29.2 Å². The second-order valence-corrected chi connectivity index (χ2v) is 14.9. The van der Waals surface area contributed by atoms with Gasteiger partial charge in [-0.1, -0.05) is 155 Å². The molecule has 51 heavy (non-hydrogen) atoms. The van der Waals surface area contributed by atoms with E-state index in [0.717, 1.165) is 61.5 Å². The summed E-state index contributed by atoms with van der Waals surface area (Å²) in [4.78, 5) is 0. The van der Waals surface area contributed by atoms with E-state index in [-0.39, 0.29) is 0 Å². The number of nitrogens with zero attached hydrogens (tertiary/aromatic N) is 2. The maximum absolute atomic E-state index is 16.3. The summed E-state index contributed by atoms with van der Waals surface area (Å²) in [5.41, 5.74) is 14.6. The Hall–Kier alpha value is -5.55. The van der Waals surface area contributed by atoms with Gasteiger partial charge < -0.3 is 4.48 Å². The van der Waals surface area contributed by atoms with Crippen LogP contribution in [0.5, 0.6) is 0 Å². The van der Waals surface area contributed by atoms with Gasteiger partial charge in [-0.3, -0.25) is 8.63 Å². The lowest BCUT2D eigenvalue weighted by atomic mass is 9.76. The van der Waals surface area contributed by atoms with Gasteiger partial charge in [0.2, 0.25) is 11.4 Å². The van der Waals surface area contributed by atoms with Gasteiger partial charge in [0.25, 0.3) is 0 Å². The number of fused-ring (bicyclic) bond motifs is 5. The molecule has 248 valence electrons. The first kappa shape index (κ1) is 31.4. The van der Waals surface area contributed by atoms with Crippen molar-refractivity contribution in [1.82, 2.24) is 4.48 Å². The van der Waals surface area contributed by atoms with Gasteiger partial charge in [0.05, 0.1) is 16.8 Å². The predicted molar refractivity (Wildman–Crippen MR) is 206 cm³/mol. The van der Waals surface area contributed by atoms with Crippen LogP contribution in [0.15, 0.2) is 151 Å². The standard InChI is InChI=1S/C46H38BF2N2/c1-45(2)34-27-17-15-25-32(34)37-39(45)43(50(5)41(37)30-21-11-7-12-22-30)36(29-19-9-6-10-20-29)44-40-38(33-26-16-18-28-35(33)46(40,3)4)42(51(44)47(48)49)31-23-13-8-14-24-31/h6-28H,1-5H3/q+1. The second kappa shape index (κ2) is 11.2. The average Bonchev–Trinajstić information content (AvgIpc) is 3.80. The van der Waals surface area contributed by atoms with Gasteiger partial charge >= 0.3 is 7.40 Å². The minimum atomic E-state index is -2.80. The first-order valence-electron chi connectivity index (χ1n) is 17.7. The third-order valence-corrected chi connectivity index (χ3v) is 11.4. The maximum atomic E-state index is 16.3. The highest BCUT2D eigenvalue weighted by Gasteiger charge is 2.53. The summed E-state index contributed by atoms with van der Waals surface area (Å²) in [6.07, 6.45) is 0. The van der Waals surface area contributed by atoms with Crippen molar-refractivity contribution in [2.45, 2.75) is 38.5 Å². The number of hydrogen-bond acceptors (Lipinski definition) is 0. The molecule has 5 aromatic carbocycles. The van der Waals surface area contributed by atoms with Gasteiger partial charge in [-0.25, -0.2) is 0 Å². The summed E-state index contributed by atoms with van der Waals surface area (Å²) in [6, 6.07) is 47.4. The van der Waals surface area contributed by atoms with Crippen LogP contribution in [0.4, 0.5) is 8.63 Å². The van der Waals surface area contributed by atoms with Crippen LogP contribution in [0, 0.1) is 0 Å². The average molecular weight is 668 g/mol. The fraction of sp³-hybridized carbons (Fsp3) is 0.152. The van der Waals surface area contributed by atoms with Crippen molar-refractivity contribution in [1.29, 1.82) is 0 Å². The Bertz CT molecular complexity index is 2480. The summed E-state index contributed by atoms with van der Waals surface area (Å²) in [6.45, 7) is 8.95. The highest BCUT2D eigenvalue weighted by Crippen LogP contribution is 2.60. The summed E-state index contributed by atoms with van der Waals surface area (Å²) in [5, 5.41) is 0. The number of hydrogen-bond donors (Lipinski definition) is 0. The Labute approximate surface area is 298 Å². The van der Waals surface area contributed by atoms with Gasteiger partial charge in [0, 0.05) is 33.2 Å². The highest BCUT2D eigenvalue weighted by molar-refractivity contribution is 6.43. The number of likely N-dealkylation sites (N-methyl/N-ethyl adjacent to an activating group) is 1. The van der Waals surface area contributed by atoms with Crippen molar-refractivity contribution in [2.24, 2.45) is 0 Å². The Morgan fingerprint density at radius 3 is 1.73 bits per heavy atom. The molecule has 0 N–H and O–H groups in total. The molecule has 9 rings (SSSR count). The SMILES string of the molecule is C[N+]1=C(c2ccccc2)C2=C(/C1=C(\c1ccccc1)c1c3c(c(-c4ccccc4)n1B(F)F)-c1ccccc1C3(C)C)C(C)(C)c1ccccc12. The topological polar surface area (TPSA) is 7.94 Å². The van der Waals surface area contributed by atoms with Crippen molar-refractivity contribution in [3.05, 3.63) is 190 Å². The van der Waals surface area contributed by atoms with Gasteiger partial charge in [0.1, 0.15) is 7.05 Å². The van der Waals surface area contributed by atoms with E-state index >= 15 is 8.63 Å². The first-order valence-corrected chi connectivity index (χ1v) is 17.7. The van der Waals surface area contributed by atoms with E-state index in [0.29, 0.717) is 11.4 Å². The Morgan fingerprint density at radius 2 is 1.12 bits per heavy atom. The maximum Gasteiger partial charge on any atom is 0.678 e. The van der Waals surface area contributed by atoms with Crippen LogP contribution in [0.1, 0.15) is 66.8 Å². The number of allylic oxidation sites excluding steroid dienone is 2. The lowest BCUT2D eigenvalue weighted by molar-refractivity contribution is -0.434. The van der Waals surface area contributed by atoms with Crippen LogP contribution < -0.4 is 0 Å². The molecular formula is C46H38BF2N2+. The molecule has 1 aliphatic heterocycles. The fourth-order valence-corrected chi connectivity index (χ4v) is 9.31. The molecule has 5 heteroatoms. The number of benzene rings is 5. The molecule has 1 aromatic heterocycles. The van der Waals surface area contributed by atoms with Gasteiger partial charge in [-0.15, -0.1) is 0 Å². The fourth-order valence-electron chi connectivity index (χ4n) is 9.31. The first-order chi connectivity index (χ1) is 24.6. The molecule has 6 aromatic rings. The third kappa shape index (κ3) is 4.30. The number of rotatable bonds is 5. The minimum absolute atomic E-state index is 0.405. The lowest BCUT2D eigenvalue weighted by Crippen LogP contribution is -2.26. The van der Waals surface area contributed by atoms with Crippen molar-refractivity contribution in [3.63, 3.8) is 0 Å². The van der Waals surface area contributed by atoms with Crippen LogP contribution in [0.25, 0.3) is 33.5 Å². The molecule has 3 aliphatic rings. The van der Waals surface area contributed by atoms with Gasteiger partial charge in [0.15, 0.2) is 0 Å². The molecule has 2 aliphatic carbocycles. The van der Waals surface area contributed by atoms with Crippen LogP contribution >= 0.6 is 0 Å². The van der Waals surface area contributed by atoms with Crippen molar-refractivity contribution in [3.8, 4) is 22.4 Å². The molecule has 0 spiro atoms. The molecule has 0 saturated carbocycles. The Kier molecular flexibility index (Phi) is 6.92. The summed E-state index contributed by atoms with van der Waals surface area (Å²) >= 11 is 0. The monoisotopic (exact) mass is 667 g/mol. The molecule has 0 saturated heterocycles.